The smallest absolute Gasteiger partial charge is 0.119 e. The van der Waals surface area contributed by atoms with Crippen LogP contribution in [-0.4, -0.2) is 39.0 Å². The third-order valence-electron chi connectivity index (χ3n) is 3.89. The zero-order valence-corrected chi connectivity index (χ0v) is 13.3. The van der Waals surface area contributed by atoms with E-state index in [1.165, 1.54) is 11.3 Å². The van der Waals surface area contributed by atoms with Crippen LogP contribution in [0.15, 0.2) is 18.2 Å². The van der Waals surface area contributed by atoms with Crippen LogP contribution >= 0.6 is 0 Å². The maximum Gasteiger partial charge on any atom is 0.119 e. The second-order valence-electron chi connectivity index (χ2n) is 5.73. The zero-order chi connectivity index (χ0) is 15.1. The van der Waals surface area contributed by atoms with Crippen molar-refractivity contribution in [2.24, 2.45) is 5.73 Å². The summed E-state index contributed by atoms with van der Waals surface area (Å²) >= 11 is 0. The van der Waals surface area contributed by atoms with Gasteiger partial charge in [-0.15, -0.1) is 0 Å². The molecule has 0 unspecified atom stereocenters. The second-order valence-corrected chi connectivity index (χ2v) is 5.73. The Bertz CT molecular complexity index is 429. The minimum atomic E-state index is 0.368. The van der Waals surface area contributed by atoms with Gasteiger partial charge < -0.3 is 20.1 Å². The fourth-order valence-electron chi connectivity index (χ4n) is 2.68. The van der Waals surface area contributed by atoms with Crippen molar-refractivity contribution in [3.63, 3.8) is 0 Å². The van der Waals surface area contributed by atoms with Crippen molar-refractivity contribution in [1.29, 1.82) is 0 Å². The molecule has 0 spiro atoms. The number of anilines is 1. The van der Waals surface area contributed by atoms with Gasteiger partial charge in [0, 0.05) is 31.4 Å². The number of hydrogen-bond acceptors (Lipinski definition) is 4. The molecular weight excluding hydrogens is 264 g/mol. The number of ether oxygens (including phenoxy) is 2. The Balaban J connectivity index is 1.85. The first-order valence-corrected chi connectivity index (χ1v) is 8.02. The zero-order valence-electron chi connectivity index (χ0n) is 13.3. The largest absolute Gasteiger partial charge is 0.491 e. The average Bonchev–Trinajstić information content (AvgIpc) is 2.48. The van der Waals surface area contributed by atoms with Crippen LogP contribution in [-0.2, 0) is 4.74 Å². The monoisotopic (exact) mass is 292 g/mol. The number of benzene rings is 1. The molecule has 4 heteroatoms. The highest BCUT2D eigenvalue weighted by Gasteiger charge is 2.17. The summed E-state index contributed by atoms with van der Waals surface area (Å²) in [5.41, 5.74) is 8.53. The molecule has 1 heterocycles. The highest BCUT2D eigenvalue weighted by Crippen LogP contribution is 2.27. The fraction of sp³-hybridized carbons (Fsp3) is 0.647. The molecule has 4 nitrogen and oxygen atoms in total. The van der Waals surface area contributed by atoms with E-state index in [0.29, 0.717) is 19.3 Å². The quantitative estimate of drug-likeness (QED) is 0.785. The molecule has 0 atom stereocenters. The van der Waals surface area contributed by atoms with Crippen molar-refractivity contribution < 1.29 is 9.47 Å². The molecule has 1 saturated heterocycles. The Hall–Kier alpha value is -1.26. The molecule has 0 radical (unpaired) electrons. The predicted molar refractivity (Wildman–Crippen MR) is 87.2 cm³/mol. The first kappa shape index (κ1) is 16.1. The van der Waals surface area contributed by atoms with Gasteiger partial charge in [-0.25, -0.2) is 0 Å². The van der Waals surface area contributed by atoms with E-state index in [4.69, 9.17) is 15.2 Å². The van der Waals surface area contributed by atoms with Crippen molar-refractivity contribution >= 4 is 5.69 Å². The van der Waals surface area contributed by atoms with Crippen LogP contribution in [0.25, 0.3) is 0 Å². The first-order chi connectivity index (χ1) is 10.2. The van der Waals surface area contributed by atoms with E-state index in [2.05, 4.69) is 36.9 Å². The van der Waals surface area contributed by atoms with Crippen molar-refractivity contribution in [1.82, 2.24) is 0 Å². The third kappa shape index (κ3) is 4.90. The lowest BCUT2D eigenvalue weighted by Gasteiger charge is -2.33. The van der Waals surface area contributed by atoms with Crippen molar-refractivity contribution in [2.45, 2.75) is 39.2 Å². The van der Waals surface area contributed by atoms with Crippen LogP contribution in [0.1, 0.15) is 31.7 Å². The number of rotatable bonds is 7. The summed E-state index contributed by atoms with van der Waals surface area (Å²) in [6.07, 6.45) is 3.20. The fourth-order valence-corrected chi connectivity index (χ4v) is 2.68. The molecule has 0 bridgehead atoms. The molecule has 1 aliphatic heterocycles. The van der Waals surface area contributed by atoms with E-state index in [0.717, 1.165) is 44.7 Å². The SMILES string of the molecule is CCCOCCOc1ccc(N2CCC(N)CC2)c(C)c1. The van der Waals surface area contributed by atoms with Gasteiger partial charge in [0.05, 0.1) is 6.61 Å². The summed E-state index contributed by atoms with van der Waals surface area (Å²) in [6, 6.07) is 6.70. The van der Waals surface area contributed by atoms with Crippen LogP contribution in [0.2, 0.25) is 0 Å². The number of aryl methyl sites for hydroxylation is 1. The summed E-state index contributed by atoms with van der Waals surface area (Å²) in [5, 5.41) is 0. The van der Waals surface area contributed by atoms with E-state index >= 15 is 0 Å². The maximum absolute atomic E-state index is 5.97. The van der Waals surface area contributed by atoms with Crippen molar-refractivity contribution in [2.75, 3.05) is 37.8 Å². The van der Waals surface area contributed by atoms with Gasteiger partial charge in [0.25, 0.3) is 0 Å². The molecule has 1 aromatic rings. The van der Waals surface area contributed by atoms with E-state index in [9.17, 15) is 0 Å². The van der Waals surface area contributed by atoms with Gasteiger partial charge in [0.1, 0.15) is 12.4 Å². The Kier molecular flexibility index (Phi) is 6.33. The van der Waals surface area contributed by atoms with E-state index in [1.807, 2.05) is 0 Å². The van der Waals surface area contributed by atoms with Gasteiger partial charge in [-0.3, -0.25) is 0 Å². The van der Waals surface area contributed by atoms with Gasteiger partial charge >= 0.3 is 0 Å². The van der Waals surface area contributed by atoms with Gasteiger partial charge in [0.15, 0.2) is 0 Å². The topological polar surface area (TPSA) is 47.7 Å². The van der Waals surface area contributed by atoms with Gasteiger partial charge in [-0.2, -0.15) is 0 Å². The average molecular weight is 292 g/mol. The lowest BCUT2D eigenvalue weighted by molar-refractivity contribution is 0.101. The summed E-state index contributed by atoms with van der Waals surface area (Å²) in [7, 11) is 0. The van der Waals surface area contributed by atoms with Crippen LogP contribution in [0.4, 0.5) is 5.69 Å². The molecule has 21 heavy (non-hydrogen) atoms. The molecule has 2 N–H and O–H groups in total. The van der Waals surface area contributed by atoms with Gasteiger partial charge in [0.2, 0.25) is 0 Å². The van der Waals surface area contributed by atoms with Crippen molar-refractivity contribution in [3.8, 4) is 5.75 Å². The Morgan fingerprint density at radius 3 is 2.62 bits per heavy atom. The minimum Gasteiger partial charge on any atom is -0.491 e. The van der Waals surface area contributed by atoms with Gasteiger partial charge in [-0.05, 0) is 49.9 Å². The first-order valence-electron chi connectivity index (χ1n) is 8.02. The number of nitrogens with zero attached hydrogens (tertiary/aromatic N) is 1. The van der Waals surface area contributed by atoms with Crippen LogP contribution in [0.3, 0.4) is 0 Å². The Morgan fingerprint density at radius 1 is 1.19 bits per heavy atom. The molecule has 118 valence electrons. The normalized spacial score (nSPS) is 16.2. The summed E-state index contributed by atoms with van der Waals surface area (Å²) in [5.74, 6) is 0.921. The molecular formula is C17H28N2O2. The maximum atomic E-state index is 5.97. The molecule has 1 aliphatic rings. The van der Waals surface area contributed by atoms with Crippen LogP contribution in [0, 0.1) is 6.92 Å². The second kappa shape index (κ2) is 8.25. The minimum absolute atomic E-state index is 0.368. The number of hydrogen-bond donors (Lipinski definition) is 1. The lowest BCUT2D eigenvalue weighted by Crippen LogP contribution is -2.39. The Morgan fingerprint density at radius 2 is 1.95 bits per heavy atom. The number of nitrogens with two attached hydrogens (primary N) is 1. The molecule has 0 saturated carbocycles. The molecule has 1 aromatic carbocycles. The highest BCUT2D eigenvalue weighted by molar-refractivity contribution is 5.56. The van der Waals surface area contributed by atoms with E-state index < -0.39 is 0 Å². The standard InChI is InChI=1S/C17H28N2O2/c1-3-10-20-11-12-21-16-4-5-17(14(2)13-16)19-8-6-15(18)7-9-19/h4-5,13,15H,3,6-12,18H2,1-2H3. The molecule has 0 aliphatic carbocycles. The molecule has 1 fully saturated rings. The number of piperidine rings is 1. The summed E-state index contributed by atoms with van der Waals surface area (Å²) < 4.78 is 11.1. The molecule has 2 rings (SSSR count). The summed E-state index contributed by atoms with van der Waals surface area (Å²) in [4.78, 5) is 2.42. The molecule has 0 amide bonds. The van der Waals surface area contributed by atoms with Crippen LogP contribution in [0.5, 0.6) is 5.75 Å². The van der Waals surface area contributed by atoms with Crippen molar-refractivity contribution in [3.05, 3.63) is 23.8 Å². The molecule has 0 aromatic heterocycles. The highest BCUT2D eigenvalue weighted by atomic mass is 16.5. The van der Waals surface area contributed by atoms with Gasteiger partial charge in [-0.1, -0.05) is 6.92 Å². The Labute approximate surface area is 128 Å². The lowest BCUT2D eigenvalue weighted by atomic mass is 10.0. The predicted octanol–water partition coefficient (Wildman–Crippen LogP) is 2.73. The van der Waals surface area contributed by atoms with E-state index in [1.54, 1.807) is 0 Å². The van der Waals surface area contributed by atoms with Crippen LogP contribution < -0.4 is 15.4 Å². The third-order valence-corrected chi connectivity index (χ3v) is 3.89. The van der Waals surface area contributed by atoms with E-state index in [-0.39, 0.29) is 0 Å². The summed E-state index contributed by atoms with van der Waals surface area (Å²) in [6.45, 7) is 8.41.